The predicted molar refractivity (Wildman–Crippen MR) is 34.1 cm³/mol. The van der Waals surface area contributed by atoms with E-state index in [1.165, 1.54) is 13.0 Å². The van der Waals surface area contributed by atoms with Crippen molar-refractivity contribution in [3.05, 3.63) is 11.8 Å². The summed E-state index contributed by atoms with van der Waals surface area (Å²) in [6.45, 7) is 1.32. The van der Waals surface area contributed by atoms with E-state index in [2.05, 4.69) is 4.74 Å². The number of ketones is 1. The molecule has 0 heterocycles. The second kappa shape index (κ2) is 2.64. The van der Waals surface area contributed by atoms with Crippen molar-refractivity contribution in [3.8, 4) is 0 Å². The molecule has 0 aromatic rings. The Balaban J connectivity index is 2.50. The summed E-state index contributed by atoms with van der Waals surface area (Å²) in [6, 6.07) is 0. The fraction of sp³-hybridized carbons (Fsp3) is 0.429. The number of allylic oxidation sites excluding steroid dienone is 2. The van der Waals surface area contributed by atoms with Crippen LogP contribution in [0.1, 0.15) is 19.8 Å². The summed E-state index contributed by atoms with van der Waals surface area (Å²) in [5.74, 6) is 0.176. The lowest BCUT2D eigenvalue weighted by Crippen LogP contribution is -1.95. The van der Waals surface area contributed by atoms with Gasteiger partial charge in [-0.2, -0.15) is 0 Å². The van der Waals surface area contributed by atoms with Crippen molar-refractivity contribution in [1.29, 1.82) is 0 Å². The van der Waals surface area contributed by atoms with Gasteiger partial charge in [0.1, 0.15) is 5.76 Å². The Morgan fingerprint density at radius 3 is 2.70 bits per heavy atom. The Kier molecular flexibility index (Phi) is 1.85. The third kappa shape index (κ3) is 1.69. The summed E-state index contributed by atoms with van der Waals surface area (Å²) in [5.41, 5.74) is 0. The fourth-order valence-electron chi connectivity index (χ4n) is 0.835. The quantitative estimate of drug-likeness (QED) is 0.506. The molecule has 0 unspecified atom stereocenters. The third-order valence-electron chi connectivity index (χ3n) is 1.21. The van der Waals surface area contributed by atoms with Gasteiger partial charge >= 0.3 is 5.97 Å². The number of hydrogen-bond acceptors (Lipinski definition) is 3. The molecule has 0 radical (unpaired) electrons. The first kappa shape index (κ1) is 6.99. The van der Waals surface area contributed by atoms with Gasteiger partial charge in [0.25, 0.3) is 0 Å². The van der Waals surface area contributed by atoms with E-state index in [4.69, 9.17) is 0 Å². The van der Waals surface area contributed by atoms with E-state index in [1.54, 1.807) is 0 Å². The van der Waals surface area contributed by atoms with E-state index in [1.807, 2.05) is 0 Å². The van der Waals surface area contributed by atoms with Gasteiger partial charge in [0, 0.05) is 25.8 Å². The Morgan fingerprint density at radius 2 is 2.30 bits per heavy atom. The Labute approximate surface area is 58.7 Å². The molecule has 1 rings (SSSR count). The van der Waals surface area contributed by atoms with E-state index in [0.29, 0.717) is 18.6 Å². The molecule has 10 heavy (non-hydrogen) atoms. The lowest BCUT2D eigenvalue weighted by molar-refractivity contribution is -0.137. The van der Waals surface area contributed by atoms with Gasteiger partial charge in [-0.25, -0.2) is 0 Å². The summed E-state index contributed by atoms with van der Waals surface area (Å²) in [7, 11) is 0. The number of carbonyl (C=O) groups is 2. The molecule has 0 aromatic carbocycles. The van der Waals surface area contributed by atoms with Gasteiger partial charge in [-0.05, 0) is 0 Å². The highest BCUT2D eigenvalue weighted by Gasteiger charge is 2.13. The van der Waals surface area contributed by atoms with Crippen LogP contribution in [-0.2, 0) is 14.3 Å². The highest BCUT2D eigenvalue weighted by molar-refractivity contribution is 5.93. The maximum atomic E-state index is 10.6. The highest BCUT2D eigenvalue weighted by Crippen LogP contribution is 2.15. The summed E-state index contributed by atoms with van der Waals surface area (Å²) in [6.07, 6.45) is 2.42. The standard InChI is InChI=1S/C7H8O3/c1-5(8)10-7-3-2-6(9)4-7/h4H,2-3H2,1H3. The largest absolute Gasteiger partial charge is 0.431 e. The number of ether oxygens (including phenoxy) is 1. The molecule has 0 saturated heterocycles. The van der Waals surface area contributed by atoms with Crippen LogP contribution < -0.4 is 0 Å². The van der Waals surface area contributed by atoms with Crippen LogP contribution in [0.3, 0.4) is 0 Å². The second-order valence-electron chi connectivity index (χ2n) is 2.17. The lowest BCUT2D eigenvalue weighted by atomic mass is 10.3. The van der Waals surface area contributed by atoms with Crippen molar-refractivity contribution in [2.75, 3.05) is 0 Å². The fourth-order valence-corrected chi connectivity index (χ4v) is 0.835. The normalized spacial score (nSPS) is 16.9. The van der Waals surface area contributed by atoms with Crippen molar-refractivity contribution in [3.63, 3.8) is 0 Å². The summed E-state index contributed by atoms with van der Waals surface area (Å²) in [4.78, 5) is 20.9. The number of carbonyl (C=O) groups excluding carboxylic acids is 2. The first-order valence-corrected chi connectivity index (χ1v) is 3.10. The molecule has 0 spiro atoms. The van der Waals surface area contributed by atoms with E-state index in [-0.39, 0.29) is 11.8 Å². The van der Waals surface area contributed by atoms with E-state index in [9.17, 15) is 9.59 Å². The summed E-state index contributed by atoms with van der Waals surface area (Å²) < 4.78 is 4.68. The number of rotatable bonds is 1. The smallest absolute Gasteiger partial charge is 0.307 e. The van der Waals surface area contributed by atoms with Crippen molar-refractivity contribution in [2.45, 2.75) is 19.8 Å². The average Bonchev–Trinajstić information content (AvgIpc) is 2.13. The monoisotopic (exact) mass is 140 g/mol. The van der Waals surface area contributed by atoms with Crippen molar-refractivity contribution >= 4 is 11.8 Å². The zero-order valence-electron chi connectivity index (χ0n) is 5.72. The molecule has 3 nitrogen and oxygen atoms in total. The molecule has 54 valence electrons. The van der Waals surface area contributed by atoms with E-state index < -0.39 is 0 Å². The molecule has 3 heteroatoms. The molecule has 0 atom stereocenters. The molecular formula is C7H8O3. The average molecular weight is 140 g/mol. The van der Waals surface area contributed by atoms with Gasteiger partial charge in [-0.15, -0.1) is 0 Å². The SMILES string of the molecule is CC(=O)OC1=CC(=O)CC1. The number of esters is 1. The molecule has 0 aliphatic heterocycles. The van der Waals surface area contributed by atoms with Gasteiger partial charge in [0.2, 0.25) is 0 Å². The van der Waals surface area contributed by atoms with Crippen LogP contribution >= 0.6 is 0 Å². The maximum Gasteiger partial charge on any atom is 0.307 e. The van der Waals surface area contributed by atoms with E-state index >= 15 is 0 Å². The van der Waals surface area contributed by atoms with Gasteiger partial charge in [-0.3, -0.25) is 9.59 Å². The molecule has 1 aliphatic carbocycles. The van der Waals surface area contributed by atoms with Crippen molar-refractivity contribution in [2.24, 2.45) is 0 Å². The van der Waals surface area contributed by atoms with Crippen molar-refractivity contribution < 1.29 is 14.3 Å². The third-order valence-corrected chi connectivity index (χ3v) is 1.21. The van der Waals surface area contributed by atoms with Crippen LogP contribution in [0.4, 0.5) is 0 Å². The zero-order chi connectivity index (χ0) is 7.56. The molecule has 0 fully saturated rings. The molecule has 0 bridgehead atoms. The summed E-state index contributed by atoms with van der Waals surface area (Å²) >= 11 is 0. The summed E-state index contributed by atoms with van der Waals surface area (Å²) in [5, 5.41) is 0. The molecule has 0 N–H and O–H groups in total. The topological polar surface area (TPSA) is 43.4 Å². The van der Waals surface area contributed by atoms with Crippen LogP contribution in [0.2, 0.25) is 0 Å². The zero-order valence-corrected chi connectivity index (χ0v) is 5.72. The number of hydrogen-bond donors (Lipinski definition) is 0. The Bertz CT molecular complexity index is 203. The lowest BCUT2D eigenvalue weighted by Gasteiger charge is -1.97. The molecule has 0 aromatic heterocycles. The Morgan fingerprint density at radius 1 is 1.60 bits per heavy atom. The van der Waals surface area contributed by atoms with Gasteiger partial charge in [0.15, 0.2) is 5.78 Å². The van der Waals surface area contributed by atoms with Crippen LogP contribution in [0.5, 0.6) is 0 Å². The maximum absolute atomic E-state index is 10.6. The predicted octanol–water partition coefficient (Wildman–Crippen LogP) is 0.796. The molecule has 1 aliphatic rings. The molecule has 0 saturated carbocycles. The minimum atomic E-state index is -0.360. The second-order valence-corrected chi connectivity index (χ2v) is 2.17. The van der Waals surface area contributed by atoms with Crippen molar-refractivity contribution in [1.82, 2.24) is 0 Å². The molecular weight excluding hydrogens is 132 g/mol. The minimum Gasteiger partial charge on any atom is -0.431 e. The highest BCUT2D eigenvalue weighted by atomic mass is 16.5. The Hall–Kier alpha value is -1.12. The van der Waals surface area contributed by atoms with Crippen LogP contribution in [-0.4, -0.2) is 11.8 Å². The van der Waals surface area contributed by atoms with Gasteiger partial charge in [0.05, 0.1) is 0 Å². The first-order valence-electron chi connectivity index (χ1n) is 3.10. The molecule has 0 amide bonds. The van der Waals surface area contributed by atoms with Gasteiger partial charge in [-0.1, -0.05) is 0 Å². The van der Waals surface area contributed by atoms with E-state index in [0.717, 1.165) is 0 Å². The first-order chi connectivity index (χ1) is 4.68. The van der Waals surface area contributed by atoms with Gasteiger partial charge < -0.3 is 4.74 Å². The minimum absolute atomic E-state index is 0.0382. The van der Waals surface area contributed by atoms with Crippen LogP contribution in [0.15, 0.2) is 11.8 Å². The van der Waals surface area contributed by atoms with Crippen LogP contribution in [0, 0.1) is 0 Å². The van der Waals surface area contributed by atoms with Crippen LogP contribution in [0.25, 0.3) is 0 Å².